The Balaban J connectivity index is 2.36. The number of carbonyl (C=O) groups excluding carboxylic acids is 1. The van der Waals surface area contributed by atoms with E-state index in [1.54, 1.807) is 14.1 Å². The van der Waals surface area contributed by atoms with Crippen LogP contribution in [0.4, 0.5) is 0 Å². The zero-order chi connectivity index (χ0) is 18.0. The lowest BCUT2D eigenvalue weighted by Gasteiger charge is -2.21. The first-order chi connectivity index (χ1) is 11.4. The van der Waals surface area contributed by atoms with Gasteiger partial charge in [-0.2, -0.15) is 0 Å². The van der Waals surface area contributed by atoms with Crippen LogP contribution in [-0.2, 0) is 6.42 Å². The summed E-state index contributed by atoms with van der Waals surface area (Å²) < 4.78 is 0. The van der Waals surface area contributed by atoms with Crippen LogP contribution in [0.3, 0.4) is 0 Å². The van der Waals surface area contributed by atoms with Crippen LogP contribution in [-0.4, -0.2) is 51.1 Å². The van der Waals surface area contributed by atoms with Gasteiger partial charge in [-0.3, -0.25) is 9.79 Å². The van der Waals surface area contributed by atoms with Crippen molar-refractivity contribution in [2.45, 2.75) is 32.7 Å². The molecule has 0 saturated carbocycles. The second kappa shape index (κ2) is 9.93. The third kappa shape index (κ3) is 7.97. The van der Waals surface area contributed by atoms with E-state index in [4.69, 9.17) is 0 Å². The zero-order valence-electron chi connectivity index (χ0n) is 15.5. The molecule has 0 unspecified atom stereocenters. The fourth-order valence-electron chi connectivity index (χ4n) is 2.18. The van der Waals surface area contributed by atoms with E-state index in [-0.39, 0.29) is 11.4 Å². The standard InChI is InChI=1S/C18H31N5O/c1-18(2,3)23-12-11-22-17(20-5)21-10-9-14-7-6-8-15(13-14)16(24)19-4/h6-8,13,23H,9-12H2,1-5H3,(H,19,24)(H2,20,21,22). The topological polar surface area (TPSA) is 77.6 Å². The Morgan fingerprint density at radius 1 is 1.12 bits per heavy atom. The number of hydrogen-bond donors (Lipinski definition) is 4. The maximum atomic E-state index is 11.6. The average molecular weight is 333 g/mol. The van der Waals surface area contributed by atoms with Gasteiger partial charge in [-0.1, -0.05) is 12.1 Å². The number of amides is 1. The van der Waals surface area contributed by atoms with Crippen LogP contribution < -0.4 is 21.3 Å². The molecule has 6 nitrogen and oxygen atoms in total. The van der Waals surface area contributed by atoms with Gasteiger partial charge >= 0.3 is 0 Å². The van der Waals surface area contributed by atoms with Gasteiger partial charge in [0.25, 0.3) is 5.91 Å². The first kappa shape index (κ1) is 20.0. The largest absolute Gasteiger partial charge is 0.356 e. The Morgan fingerprint density at radius 3 is 2.46 bits per heavy atom. The van der Waals surface area contributed by atoms with E-state index in [1.165, 1.54) is 0 Å². The van der Waals surface area contributed by atoms with E-state index in [0.717, 1.165) is 37.6 Å². The Morgan fingerprint density at radius 2 is 1.83 bits per heavy atom. The van der Waals surface area contributed by atoms with Gasteiger partial charge in [0, 0.05) is 44.8 Å². The lowest BCUT2D eigenvalue weighted by molar-refractivity contribution is 0.0963. The minimum atomic E-state index is -0.0615. The molecule has 0 fully saturated rings. The van der Waals surface area contributed by atoms with E-state index in [2.05, 4.69) is 47.0 Å². The second-order valence-electron chi connectivity index (χ2n) is 6.63. The molecule has 0 radical (unpaired) electrons. The molecule has 4 N–H and O–H groups in total. The number of nitrogens with one attached hydrogen (secondary N) is 4. The summed E-state index contributed by atoms with van der Waals surface area (Å²) in [4.78, 5) is 15.9. The number of rotatable bonds is 7. The van der Waals surface area contributed by atoms with Gasteiger partial charge in [0.2, 0.25) is 0 Å². The lowest BCUT2D eigenvalue weighted by atomic mass is 10.1. The molecule has 24 heavy (non-hydrogen) atoms. The minimum absolute atomic E-state index is 0.0615. The van der Waals surface area contributed by atoms with Gasteiger partial charge in [-0.05, 0) is 44.9 Å². The number of hydrogen-bond acceptors (Lipinski definition) is 3. The third-order valence-corrected chi connectivity index (χ3v) is 3.42. The molecule has 0 aliphatic carbocycles. The molecule has 0 heterocycles. The molecule has 1 rings (SSSR count). The fraction of sp³-hybridized carbons (Fsp3) is 0.556. The summed E-state index contributed by atoms with van der Waals surface area (Å²) in [7, 11) is 3.40. The molecule has 6 heteroatoms. The quantitative estimate of drug-likeness (QED) is 0.343. The Hall–Kier alpha value is -2.08. The van der Waals surface area contributed by atoms with Crippen molar-refractivity contribution < 1.29 is 4.79 Å². The number of benzene rings is 1. The van der Waals surface area contributed by atoms with E-state index in [9.17, 15) is 4.79 Å². The molecule has 1 aromatic carbocycles. The highest BCUT2D eigenvalue weighted by atomic mass is 16.1. The average Bonchev–Trinajstić information content (AvgIpc) is 2.55. The Bertz CT molecular complexity index is 549. The Kier molecular flexibility index (Phi) is 8.26. The van der Waals surface area contributed by atoms with Crippen molar-refractivity contribution in [3.05, 3.63) is 35.4 Å². The molecule has 0 aromatic heterocycles. The van der Waals surface area contributed by atoms with Crippen molar-refractivity contribution in [2.75, 3.05) is 33.7 Å². The van der Waals surface area contributed by atoms with E-state index in [0.29, 0.717) is 5.56 Å². The van der Waals surface area contributed by atoms with Crippen LogP contribution in [0.5, 0.6) is 0 Å². The summed E-state index contributed by atoms with van der Waals surface area (Å²) in [5.41, 5.74) is 1.92. The molecule has 1 aromatic rings. The van der Waals surface area contributed by atoms with Gasteiger partial charge < -0.3 is 21.3 Å². The molecule has 134 valence electrons. The summed E-state index contributed by atoms with van der Waals surface area (Å²) in [6, 6.07) is 7.67. The molecule has 0 aliphatic rings. The van der Waals surface area contributed by atoms with Gasteiger partial charge in [-0.25, -0.2) is 0 Å². The molecule has 0 bridgehead atoms. The summed E-state index contributed by atoms with van der Waals surface area (Å²) in [5, 5.41) is 12.6. The van der Waals surface area contributed by atoms with Crippen LogP contribution in [0.2, 0.25) is 0 Å². The van der Waals surface area contributed by atoms with Crippen molar-refractivity contribution in [1.82, 2.24) is 21.3 Å². The molecule has 1 amide bonds. The zero-order valence-corrected chi connectivity index (χ0v) is 15.5. The molecular weight excluding hydrogens is 302 g/mol. The highest BCUT2D eigenvalue weighted by Gasteiger charge is 2.07. The van der Waals surface area contributed by atoms with Crippen molar-refractivity contribution in [1.29, 1.82) is 0 Å². The number of guanidine groups is 1. The summed E-state index contributed by atoms with van der Waals surface area (Å²) in [6.07, 6.45) is 0.825. The van der Waals surface area contributed by atoms with Crippen LogP contribution >= 0.6 is 0 Å². The van der Waals surface area contributed by atoms with Crippen molar-refractivity contribution in [2.24, 2.45) is 4.99 Å². The molecule has 0 spiro atoms. The SMILES string of the molecule is CN=C(NCCNC(C)(C)C)NCCc1cccc(C(=O)NC)c1. The predicted octanol–water partition coefficient (Wildman–Crippen LogP) is 1.14. The summed E-state index contributed by atoms with van der Waals surface area (Å²) >= 11 is 0. The maximum Gasteiger partial charge on any atom is 0.251 e. The smallest absolute Gasteiger partial charge is 0.251 e. The van der Waals surface area contributed by atoms with Crippen LogP contribution in [0, 0.1) is 0 Å². The molecule has 0 aliphatic heterocycles. The lowest BCUT2D eigenvalue weighted by Crippen LogP contribution is -2.44. The number of carbonyl (C=O) groups is 1. The minimum Gasteiger partial charge on any atom is -0.356 e. The molecular formula is C18H31N5O. The van der Waals surface area contributed by atoms with Gasteiger partial charge in [0.05, 0.1) is 0 Å². The number of nitrogens with zero attached hydrogens (tertiary/aromatic N) is 1. The predicted molar refractivity (Wildman–Crippen MR) is 101 cm³/mol. The van der Waals surface area contributed by atoms with Crippen molar-refractivity contribution >= 4 is 11.9 Å². The van der Waals surface area contributed by atoms with Crippen molar-refractivity contribution in [3.8, 4) is 0 Å². The highest BCUT2D eigenvalue weighted by Crippen LogP contribution is 2.05. The van der Waals surface area contributed by atoms with E-state index >= 15 is 0 Å². The highest BCUT2D eigenvalue weighted by molar-refractivity contribution is 5.94. The normalized spacial score (nSPS) is 12.0. The number of aliphatic imine (C=N–C) groups is 1. The van der Waals surface area contributed by atoms with Crippen molar-refractivity contribution in [3.63, 3.8) is 0 Å². The molecule has 0 atom stereocenters. The van der Waals surface area contributed by atoms with Gasteiger partial charge in [-0.15, -0.1) is 0 Å². The van der Waals surface area contributed by atoms with E-state index < -0.39 is 0 Å². The van der Waals surface area contributed by atoms with E-state index in [1.807, 2.05) is 24.3 Å². The first-order valence-electron chi connectivity index (χ1n) is 8.36. The van der Waals surface area contributed by atoms with Crippen LogP contribution in [0.25, 0.3) is 0 Å². The summed E-state index contributed by atoms with van der Waals surface area (Å²) in [6.45, 7) is 8.87. The van der Waals surface area contributed by atoms with Crippen LogP contribution in [0.15, 0.2) is 29.3 Å². The maximum absolute atomic E-state index is 11.6. The Labute approximate surface area is 145 Å². The van der Waals surface area contributed by atoms with Crippen LogP contribution in [0.1, 0.15) is 36.7 Å². The van der Waals surface area contributed by atoms with Gasteiger partial charge in [0.15, 0.2) is 5.96 Å². The fourth-order valence-corrected chi connectivity index (χ4v) is 2.18. The molecule has 0 saturated heterocycles. The second-order valence-corrected chi connectivity index (χ2v) is 6.63. The third-order valence-electron chi connectivity index (χ3n) is 3.42. The first-order valence-corrected chi connectivity index (χ1v) is 8.36. The summed E-state index contributed by atoms with van der Waals surface area (Å²) in [5.74, 6) is 0.724. The van der Waals surface area contributed by atoms with Gasteiger partial charge in [0.1, 0.15) is 0 Å². The monoisotopic (exact) mass is 333 g/mol.